The Balaban J connectivity index is 1.14. The van der Waals surface area contributed by atoms with E-state index in [0.29, 0.717) is 6.42 Å². The Morgan fingerprint density at radius 2 is 0.812 bits per heavy atom. The summed E-state index contributed by atoms with van der Waals surface area (Å²) >= 11 is 0. The average Bonchev–Trinajstić information content (AvgIpc) is 3.73. The summed E-state index contributed by atoms with van der Waals surface area (Å²) in [5.41, 5.74) is 7.06. The Hall–Kier alpha value is -6.15. The van der Waals surface area contributed by atoms with Gasteiger partial charge in [-0.1, -0.05) is 165 Å². The molecule has 0 unspecified atom stereocenters. The monoisotopic (exact) mass is 852 g/mol. The molecule has 6 aromatic carbocycles. The van der Waals surface area contributed by atoms with E-state index in [1.54, 1.807) is 0 Å². The number of carbonyl (C=O) groups excluding carboxylic acids is 3. The summed E-state index contributed by atoms with van der Waals surface area (Å²) in [6.07, 6.45) is 0.954. The van der Waals surface area contributed by atoms with E-state index >= 15 is 0 Å². The zero-order valence-electron chi connectivity index (χ0n) is 38.1. The molecule has 2 aliphatic rings. The van der Waals surface area contributed by atoms with Crippen LogP contribution in [0.4, 0.5) is 0 Å². The van der Waals surface area contributed by atoms with Crippen LogP contribution in [0.3, 0.4) is 0 Å². The lowest BCUT2D eigenvalue weighted by Gasteiger charge is -2.39. The van der Waals surface area contributed by atoms with Gasteiger partial charge in [-0.3, -0.25) is 25.0 Å². The molecule has 0 aromatic heterocycles. The fourth-order valence-electron chi connectivity index (χ4n) is 9.98. The molecule has 2 aliphatic carbocycles. The highest BCUT2D eigenvalue weighted by Gasteiger charge is 2.49. The van der Waals surface area contributed by atoms with Crippen LogP contribution in [0, 0.1) is 5.92 Å². The fraction of sp³-hybridized carbons (Fsp3) is 0.316. The standard InChI is InChI=1S/C57H60N2O5/c1-8-38(37-50(53(62)64-55(5,6)7)59-57(40-25-13-10-14-26-40)47-33-21-17-29-43(47)44-30-18-22-34-48(44)57)51(60)36-35-49(52(61)63-54(2,3)4)58-56(39-23-11-9-12-24-39)45-31-19-15-27-41(45)42-28-16-20-32-46(42)56/h9-34,38,49-50,58-59H,8,35-37H2,1-7H3/t38-,49-,50-/m0/s1. The summed E-state index contributed by atoms with van der Waals surface area (Å²) in [6.45, 7) is 13.2. The van der Waals surface area contributed by atoms with Gasteiger partial charge in [0.25, 0.3) is 0 Å². The number of nitrogens with one attached hydrogen (secondary N) is 2. The van der Waals surface area contributed by atoms with Gasteiger partial charge in [0.2, 0.25) is 0 Å². The molecule has 0 aliphatic heterocycles. The quantitative estimate of drug-likeness (QED) is 0.0994. The molecule has 0 heterocycles. The van der Waals surface area contributed by atoms with Crippen molar-refractivity contribution in [2.75, 3.05) is 0 Å². The van der Waals surface area contributed by atoms with E-state index in [2.05, 4.69) is 83.4 Å². The van der Waals surface area contributed by atoms with Crippen LogP contribution in [0.15, 0.2) is 158 Å². The number of esters is 2. The first-order valence-electron chi connectivity index (χ1n) is 22.7. The van der Waals surface area contributed by atoms with Gasteiger partial charge in [-0.25, -0.2) is 0 Å². The molecule has 3 atom stereocenters. The highest BCUT2D eigenvalue weighted by atomic mass is 16.6. The van der Waals surface area contributed by atoms with Crippen LogP contribution >= 0.6 is 0 Å². The second-order valence-electron chi connectivity index (χ2n) is 19.2. The van der Waals surface area contributed by atoms with Crippen LogP contribution in [0.5, 0.6) is 0 Å². The molecule has 64 heavy (non-hydrogen) atoms. The zero-order chi connectivity index (χ0) is 45.3. The van der Waals surface area contributed by atoms with Crippen molar-refractivity contribution in [3.05, 3.63) is 191 Å². The molecule has 328 valence electrons. The lowest BCUT2D eigenvalue weighted by molar-refractivity contribution is -0.159. The predicted octanol–water partition coefficient (Wildman–Crippen LogP) is 11.3. The summed E-state index contributed by atoms with van der Waals surface area (Å²) in [4.78, 5) is 43.9. The minimum atomic E-state index is -0.914. The minimum Gasteiger partial charge on any atom is -0.459 e. The Bertz CT molecular complexity index is 2550. The van der Waals surface area contributed by atoms with Crippen molar-refractivity contribution in [1.29, 1.82) is 0 Å². The van der Waals surface area contributed by atoms with E-state index in [-0.39, 0.29) is 25.0 Å². The van der Waals surface area contributed by atoms with Gasteiger partial charge < -0.3 is 9.47 Å². The van der Waals surface area contributed by atoms with Crippen LogP contribution in [0.25, 0.3) is 22.3 Å². The largest absolute Gasteiger partial charge is 0.459 e. The van der Waals surface area contributed by atoms with E-state index in [1.165, 1.54) is 0 Å². The van der Waals surface area contributed by atoms with Crippen molar-refractivity contribution in [1.82, 2.24) is 10.6 Å². The van der Waals surface area contributed by atoms with Crippen molar-refractivity contribution in [2.24, 2.45) is 5.92 Å². The summed E-state index contributed by atoms with van der Waals surface area (Å²) in [5.74, 6) is -1.41. The summed E-state index contributed by atoms with van der Waals surface area (Å²) < 4.78 is 12.3. The van der Waals surface area contributed by atoms with Crippen molar-refractivity contribution in [3.8, 4) is 22.3 Å². The van der Waals surface area contributed by atoms with Crippen LogP contribution in [-0.2, 0) is 34.9 Å². The second-order valence-corrected chi connectivity index (χ2v) is 19.2. The van der Waals surface area contributed by atoms with Crippen LogP contribution in [-0.4, -0.2) is 41.0 Å². The van der Waals surface area contributed by atoms with E-state index in [1.807, 2.05) is 133 Å². The maximum absolute atomic E-state index is 14.8. The number of hydrogen-bond acceptors (Lipinski definition) is 7. The van der Waals surface area contributed by atoms with Gasteiger partial charge in [0, 0.05) is 12.3 Å². The van der Waals surface area contributed by atoms with Gasteiger partial charge in [-0.2, -0.15) is 0 Å². The van der Waals surface area contributed by atoms with Gasteiger partial charge in [-0.15, -0.1) is 0 Å². The third-order valence-corrected chi connectivity index (χ3v) is 12.6. The smallest absolute Gasteiger partial charge is 0.323 e. The Kier molecular flexibility index (Phi) is 12.4. The lowest BCUT2D eigenvalue weighted by atomic mass is 9.78. The molecule has 6 aromatic rings. The van der Waals surface area contributed by atoms with Crippen LogP contribution in [0.1, 0.15) is 108 Å². The average molecular weight is 853 g/mol. The van der Waals surface area contributed by atoms with Gasteiger partial charge in [0.15, 0.2) is 0 Å². The predicted molar refractivity (Wildman–Crippen MR) is 255 cm³/mol. The molecular weight excluding hydrogens is 793 g/mol. The number of rotatable bonds is 15. The topological polar surface area (TPSA) is 93.7 Å². The van der Waals surface area contributed by atoms with Crippen LogP contribution in [0.2, 0.25) is 0 Å². The number of ether oxygens (including phenoxy) is 2. The molecule has 2 N–H and O–H groups in total. The zero-order valence-corrected chi connectivity index (χ0v) is 38.1. The number of hydrogen-bond donors (Lipinski definition) is 2. The Labute approximate surface area is 378 Å². The SMILES string of the molecule is CC[C@@H](C[C@H](NC1(c2ccccc2)c2ccccc2-c2ccccc21)C(=O)OC(C)(C)C)C(=O)CC[C@H](NC1(c2ccccc2)c2ccccc2-c2ccccc21)C(=O)OC(C)(C)C. The summed E-state index contributed by atoms with van der Waals surface area (Å²) in [6, 6.07) is 51.9. The maximum atomic E-state index is 14.8. The molecule has 0 fully saturated rings. The minimum absolute atomic E-state index is 0.0322. The van der Waals surface area contributed by atoms with E-state index in [4.69, 9.17) is 9.47 Å². The molecule has 0 bridgehead atoms. The normalized spacial score (nSPS) is 15.7. The molecule has 8 rings (SSSR count). The Morgan fingerprint density at radius 1 is 0.484 bits per heavy atom. The van der Waals surface area contributed by atoms with Gasteiger partial charge >= 0.3 is 11.9 Å². The molecule has 0 amide bonds. The highest BCUT2D eigenvalue weighted by Crippen LogP contribution is 2.53. The molecular formula is C57H60N2O5. The number of ketones is 1. The lowest BCUT2D eigenvalue weighted by Crippen LogP contribution is -2.54. The fourth-order valence-corrected chi connectivity index (χ4v) is 9.98. The number of benzene rings is 6. The highest BCUT2D eigenvalue weighted by molar-refractivity contribution is 5.87. The third kappa shape index (κ3) is 8.47. The van der Waals surface area contributed by atoms with Crippen molar-refractivity contribution >= 4 is 17.7 Å². The molecule has 7 nitrogen and oxygen atoms in total. The van der Waals surface area contributed by atoms with E-state index < -0.39 is 52.2 Å². The van der Waals surface area contributed by atoms with Gasteiger partial charge in [0.1, 0.15) is 29.1 Å². The number of carbonyl (C=O) groups is 3. The van der Waals surface area contributed by atoms with Crippen molar-refractivity contribution < 1.29 is 23.9 Å². The molecule has 0 radical (unpaired) electrons. The van der Waals surface area contributed by atoms with E-state index in [9.17, 15) is 14.4 Å². The first-order chi connectivity index (χ1) is 30.7. The van der Waals surface area contributed by atoms with Crippen LogP contribution < -0.4 is 10.6 Å². The van der Waals surface area contributed by atoms with Gasteiger partial charge in [-0.05, 0) is 116 Å². The van der Waals surface area contributed by atoms with Crippen molar-refractivity contribution in [3.63, 3.8) is 0 Å². The summed E-state index contributed by atoms with van der Waals surface area (Å²) in [7, 11) is 0. The molecule has 0 saturated carbocycles. The number of fused-ring (bicyclic) bond motifs is 6. The maximum Gasteiger partial charge on any atom is 0.323 e. The molecule has 7 heteroatoms. The Morgan fingerprint density at radius 3 is 1.17 bits per heavy atom. The summed E-state index contributed by atoms with van der Waals surface area (Å²) in [5, 5.41) is 7.74. The van der Waals surface area contributed by atoms with E-state index in [0.717, 1.165) is 55.6 Å². The first kappa shape index (κ1) is 44.5. The first-order valence-corrected chi connectivity index (χ1v) is 22.7. The second kappa shape index (κ2) is 17.8. The third-order valence-electron chi connectivity index (χ3n) is 12.6. The van der Waals surface area contributed by atoms with Crippen molar-refractivity contribution in [2.45, 2.75) is 109 Å². The van der Waals surface area contributed by atoms with Gasteiger partial charge in [0.05, 0.1) is 11.1 Å². The molecule has 0 saturated heterocycles. The number of Topliss-reactive ketones (excluding diaryl/α,β-unsaturated/α-hetero) is 1. The molecule has 0 spiro atoms.